The lowest BCUT2D eigenvalue weighted by atomic mass is 10.2. The smallest absolute Gasteiger partial charge is 0.358 e. The van der Waals surface area contributed by atoms with Crippen molar-refractivity contribution in [1.29, 1.82) is 0 Å². The van der Waals surface area contributed by atoms with Crippen molar-refractivity contribution in [2.24, 2.45) is 0 Å². The molecule has 0 spiro atoms. The Bertz CT molecular complexity index is 1330. The largest absolute Gasteiger partial charge is 0.373 e. The number of aromatic nitrogens is 4. The van der Waals surface area contributed by atoms with Crippen LogP contribution < -0.4 is 10.5 Å². The summed E-state index contributed by atoms with van der Waals surface area (Å²) < 4.78 is 1.53. The van der Waals surface area contributed by atoms with Crippen LogP contribution in [-0.4, -0.2) is 55.4 Å². The molecule has 1 saturated heterocycles. The monoisotopic (exact) mass is 445 g/mol. The number of aromatic amines is 1. The van der Waals surface area contributed by atoms with Crippen LogP contribution >= 0.6 is 22.7 Å². The summed E-state index contributed by atoms with van der Waals surface area (Å²) in [5.41, 5.74) is 0.898. The zero-order valence-corrected chi connectivity index (χ0v) is 18.0. The molecule has 30 heavy (non-hydrogen) atoms. The summed E-state index contributed by atoms with van der Waals surface area (Å²) in [5.74, 6) is 1.08. The van der Waals surface area contributed by atoms with Crippen LogP contribution in [-0.2, 0) is 6.54 Å². The molecule has 5 heterocycles. The molecule has 1 aliphatic heterocycles. The van der Waals surface area contributed by atoms with Gasteiger partial charge in [0.1, 0.15) is 16.9 Å². The van der Waals surface area contributed by atoms with Crippen LogP contribution in [0.25, 0.3) is 15.2 Å². The first-order valence-electron chi connectivity index (χ1n) is 9.48. The molecule has 0 aromatic carbocycles. The molecule has 156 valence electrons. The number of aryl methyl sites for hydroxylation is 2. The molecule has 1 fully saturated rings. The molecular formula is C18H19N7O3S2. The van der Waals surface area contributed by atoms with Crippen LogP contribution in [0.1, 0.15) is 16.3 Å². The maximum atomic E-state index is 12.5. The second-order valence-corrected chi connectivity index (χ2v) is 9.39. The Labute approximate surface area is 178 Å². The Balaban J connectivity index is 1.33. The molecule has 0 unspecified atom stereocenters. The predicted octanol–water partition coefficient (Wildman–Crippen LogP) is 2.54. The van der Waals surface area contributed by atoms with Crippen molar-refractivity contribution in [3.05, 3.63) is 48.3 Å². The summed E-state index contributed by atoms with van der Waals surface area (Å²) in [6, 6.07) is 0. The number of thiophene rings is 1. The lowest BCUT2D eigenvalue weighted by Gasteiger charge is -2.34. The zero-order valence-electron chi connectivity index (χ0n) is 16.4. The van der Waals surface area contributed by atoms with E-state index in [1.54, 1.807) is 22.9 Å². The van der Waals surface area contributed by atoms with Crippen LogP contribution in [0, 0.1) is 24.0 Å². The molecule has 0 atom stereocenters. The number of rotatable bonds is 4. The molecule has 10 nitrogen and oxygen atoms in total. The summed E-state index contributed by atoms with van der Waals surface area (Å²) in [7, 11) is 0. The van der Waals surface area contributed by atoms with E-state index in [9.17, 15) is 14.9 Å². The topological polar surface area (TPSA) is 113 Å². The highest BCUT2D eigenvalue weighted by atomic mass is 32.1. The quantitative estimate of drug-likeness (QED) is 0.379. The molecule has 1 N–H and O–H groups in total. The second kappa shape index (κ2) is 7.15. The number of H-pyrrole nitrogens is 1. The Hall–Kier alpha value is -2.83. The fourth-order valence-electron chi connectivity index (χ4n) is 3.85. The predicted molar refractivity (Wildman–Crippen MR) is 117 cm³/mol. The maximum absolute atomic E-state index is 12.5. The molecule has 4 aromatic heterocycles. The molecular weight excluding hydrogens is 426 g/mol. The highest BCUT2D eigenvalue weighted by Gasteiger charge is 2.30. The molecule has 12 heteroatoms. The van der Waals surface area contributed by atoms with Crippen LogP contribution in [0.15, 0.2) is 16.4 Å². The Morgan fingerprint density at radius 3 is 2.73 bits per heavy atom. The average Bonchev–Trinajstić information content (AvgIpc) is 3.35. The average molecular weight is 446 g/mol. The first-order chi connectivity index (χ1) is 14.4. The summed E-state index contributed by atoms with van der Waals surface area (Å²) in [6.45, 7) is 7.13. The van der Waals surface area contributed by atoms with Crippen LogP contribution in [0.2, 0.25) is 0 Å². The molecule has 5 rings (SSSR count). The van der Waals surface area contributed by atoms with E-state index in [2.05, 4.69) is 19.9 Å². The highest BCUT2D eigenvalue weighted by Crippen LogP contribution is 2.31. The van der Waals surface area contributed by atoms with E-state index in [-0.39, 0.29) is 16.3 Å². The van der Waals surface area contributed by atoms with Gasteiger partial charge in [0.25, 0.3) is 10.5 Å². The fraction of sp³-hybridized carbons (Fsp3) is 0.389. The maximum Gasteiger partial charge on any atom is 0.373 e. The lowest BCUT2D eigenvalue weighted by Crippen LogP contribution is -2.46. The molecule has 1 aliphatic rings. The zero-order chi connectivity index (χ0) is 21.0. The van der Waals surface area contributed by atoms with E-state index < -0.39 is 0 Å². The van der Waals surface area contributed by atoms with Gasteiger partial charge in [-0.05, 0) is 24.3 Å². The van der Waals surface area contributed by atoms with Gasteiger partial charge in [-0.25, -0.2) is 4.98 Å². The number of fused-ring (bicyclic) bond motifs is 2. The van der Waals surface area contributed by atoms with Gasteiger partial charge in [0.2, 0.25) is 5.82 Å². The van der Waals surface area contributed by atoms with Gasteiger partial charge in [0.15, 0.2) is 0 Å². The van der Waals surface area contributed by atoms with E-state index in [4.69, 9.17) is 0 Å². The number of nitrogens with zero attached hydrogens (tertiary/aromatic N) is 6. The molecule has 0 aliphatic carbocycles. The SMILES string of the molecule is Cc1sc2nc(CN3CCN(c4nc5sccn5c4[N+](=O)[O-])CC3)[nH]c(=O)c2c1C. The number of anilines is 1. The second-order valence-electron chi connectivity index (χ2n) is 7.31. The van der Waals surface area contributed by atoms with Crippen LogP contribution in [0.4, 0.5) is 11.6 Å². The van der Waals surface area contributed by atoms with Crippen molar-refractivity contribution in [3.8, 4) is 0 Å². The van der Waals surface area contributed by atoms with Crippen molar-refractivity contribution in [2.75, 3.05) is 31.1 Å². The van der Waals surface area contributed by atoms with Gasteiger partial charge >= 0.3 is 5.82 Å². The summed E-state index contributed by atoms with van der Waals surface area (Å²) in [6.07, 6.45) is 1.68. The van der Waals surface area contributed by atoms with Crippen molar-refractivity contribution < 1.29 is 4.92 Å². The van der Waals surface area contributed by atoms with Crippen molar-refractivity contribution in [1.82, 2.24) is 24.3 Å². The number of nitrogens with one attached hydrogen (secondary N) is 1. The van der Waals surface area contributed by atoms with Gasteiger partial charge in [-0.15, -0.1) is 11.3 Å². The fourth-order valence-corrected chi connectivity index (χ4v) is 5.60. The van der Waals surface area contributed by atoms with Gasteiger partial charge in [0, 0.05) is 36.4 Å². The van der Waals surface area contributed by atoms with Crippen molar-refractivity contribution >= 4 is 49.5 Å². The van der Waals surface area contributed by atoms with Crippen molar-refractivity contribution in [2.45, 2.75) is 20.4 Å². The van der Waals surface area contributed by atoms with E-state index in [1.165, 1.54) is 15.7 Å². The van der Waals surface area contributed by atoms with Gasteiger partial charge < -0.3 is 20.0 Å². The molecule has 0 radical (unpaired) electrons. The molecule has 0 saturated carbocycles. The van der Waals surface area contributed by atoms with Gasteiger partial charge in [-0.1, -0.05) is 11.3 Å². The minimum atomic E-state index is -0.372. The van der Waals surface area contributed by atoms with Crippen LogP contribution in [0.3, 0.4) is 0 Å². The number of nitro groups is 1. The molecule has 0 amide bonds. The minimum Gasteiger partial charge on any atom is -0.358 e. The number of imidazole rings is 1. The lowest BCUT2D eigenvalue weighted by molar-refractivity contribution is -0.389. The number of hydrogen-bond acceptors (Lipinski definition) is 9. The van der Waals surface area contributed by atoms with Crippen molar-refractivity contribution in [3.63, 3.8) is 0 Å². The Morgan fingerprint density at radius 2 is 2.00 bits per heavy atom. The first-order valence-corrected chi connectivity index (χ1v) is 11.2. The standard InChI is InChI=1S/C18H19N7O3S2/c1-10-11(2)30-16-13(10)15(26)19-12(20-16)9-22-3-5-23(6-4-22)14-17(25(27)28)24-7-8-29-18(24)21-14/h7-8H,3-6,9H2,1-2H3,(H,19,20,26). The van der Waals surface area contributed by atoms with E-state index in [1.807, 2.05) is 18.7 Å². The summed E-state index contributed by atoms with van der Waals surface area (Å²) in [4.78, 5) is 42.4. The van der Waals surface area contributed by atoms with Gasteiger partial charge in [-0.2, -0.15) is 9.38 Å². The third kappa shape index (κ3) is 3.07. The highest BCUT2D eigenvalue weighted by molar-refractivity contribution is 7.18. The number of thiazole rings is 1. The van der Waals surface area contributed by atoms with Crippen LogP contribution in [0.5, 0.6) is 0 Å². The number of hydrogen-bond donors (Lipinski definition) is 1. The normalized spacial score (nSPS) is 15.5. The van der Waals surface area contributed by atoms with Gasteiger partial charge in [-0.3, -0.25) is 9.69 Å². The van der Waals surface area contributed by atoms with Gasteiger partial charge in [0.05, 0.1) is 11.9 Å². The summed E-state index contributed by atoms with van der Waals surface area (Å²) >= 11 is 2.92. The van der Waals surface area contributed by atoms with E-state index >= 15 is 0 Å². The first kappa shape index (κ1) is 19.2. The minimum absolute atomic E-state index is 0.0135. The van der Waals surface area contributed by atoms with E-state index in [0.29, 0.717) is 54.7 Å². The summed E-state index contributed by atoms with van der Waals surface area (Å²) in [5, 5.41) is 14.0. The number of piperazine rings is 1. The van der Waals surface area contributed by atoms with E-state index in [0.717, 1.165) is 15.3 Å². The molecule has 4 aromatic rings. The third-order valence-electron chi connectivity index (χ3n) is 5.53. The molecule has 0 bridgehead atoms. The Kier molecular flexibility index (Phi) is 4.56. The Morgan fingerprint density at radius 1 is 1.23 bits per heavy atom. The third-order valence-corrected chi connectivity index (χ3v) is 7.38.